The lowest BCUT2D eigenvalue weighted by atomic mass is 9.54. The molecule has 0 amide bonds. The van der Waals surface area contributed by atoms with Gasteiger partial charge in [-0.1, -0.05) is 31.9 Å². The van der Waals surface area contributed by atoms with Crippen molar-refractivity contribution in [1.29, 1.82) is 0 Å². The first-order valence-corrected chi connectivity index (χ1v) is 11.6. The van der Waals surface area contributed by atoms with Crippen LogP contribution in [-0.2, 0) is 11.3 Å². The molecule has 2 fully saturated rings. The number of carbonyl (C=O) groups is 1. The van der Waals surface area contributed by atoms with Crippen molar-refractivity contribution in [2.24, 2.45) is 29.1 Å². The number of tetrazole rings is 1. The molecule has 1 aromatic rings. The van der Waals surface area contributed by atoms with Gasteiger partial charge in [-0.05, 0) is 79.7 Å². The molecule has 1 unspecified atom stereocenters. The maximum Gasteiger partial charge on any atom is 0.162 e. The second kappa shape index (κ2) is 8.48. The third kappa shape index (κ3) is 3.97. The third-order valence-electron chi connectivity index (χ3n) is 8.39. The normalized spacial score (nSPS) is 35.3. The van der Waals surface area contributed by atoms with Gasteiger partial charge in [0.05, 0.1) is 5.60 Å². The van der Waals surface area contributed by atoms with Crippen LogP contribution < -0.4 is 0 Å². The number of halogens is 1. The van der Waals surface area contributed by atoms with E-state index in [4.69, 9.17) is 0 Å². The molecule has 30 heavy (non-hydrogen) atoms. The Hall–Kier alpha value is -1.63. The molecule has 4 rings (SSSR count). The summed E-state index contributed by atoms with van der Waals surface area (Å²) in [5, 5.41) is 22.2. The molecule has 166 valence electrons. The Bertz CT molecular complexity index is 782. The van der Waals surface area contributed by atoms with Crippen LogP contribution in [0.4, 0.5) is 4.39 Å². The van der Waals surface area contributed by atoms with E-state index in [9.17, 15) is 14.3 Å². The minimum absolute atomic E-state index is 0.0477. The first kappa shape index (κ1) is 21.6. The predicted molar refractivity (Wildman–Crippen MR) is 111 cm³/mol. The van der Waals surface area contributed by atoms with Crippen molar-refractivity contribution >= 4 is 5.78 Å². The molecular weight excluding hydrogens is 383 g/mol. The largest absolute Gasteiger partial charge is 0.387 e. The van der Waals surface area contributed by atoms with Gasteiger partial charge in [-0.15, -0.1) is 10.2 Å². The molecule has 0 spiro atoms. The predicted octanol–water partition coefficient (Wildman–Crippen LogP) is 3.91. The number of aromatic nitrogens is 4. The molecule has 6 atom stereocenters. The number of Topliss-reactive ketones (excluding diaryl/α,β-unsaturated/α-hetero) is 1. The summed E-state index contributed by atoms with van der Waals surface area (Å²) >= 11 is 0. The van der Waals surface area contributed by atoms with Gasteiger partial charge in [0, 0.05) is 5.92 Å². The van der Waals surface area contributed by atoms with Crippen molar-refractivity contribution in [3.05, 3.63) is 18.0 Å². The van der Waals surface area contributed by atoms with Crippen molar-refractivity contribution in [2.45, 2.75) is 83.8 Å². The number of nitrogens with zero attached hydrogens (tertiary/aromatic N) is 4. The van der Waals surface area contributed by atoms with E-state index in [1.165, 1.54) is 16.7 Å². The number of allylic oxidation sites excluding steroid dienone is 1. The van der Waals surface area contributed by atoms with Crippen molar-refractivity contribution in [3.8, 4) is 0 Å². The minimum Gasteiger partial charge on any atom is -0.387 e. The topological polar surface area (TPSA) is 80.9 Å². The van der Waals surface area contributed by atoms with Crippen LogP contribution in [0.5, 0.6) is 0 Å². The molecule has 6 nitrogen and oxygen atoms in total. The van der Waals surface area contributed by atoms with E-state index < -0.39 is 12.3 Å². The number of alkyl halides is 1. The number of rotatable bonds is 8. The number of ketones is 1. The van der Waals surface area contributed by atoms with Crippen LogP contribution in [0.1, 0.15) is 71.6 Å². The lowest BCUT2D eigenvalue weighted by Gasteiger charge is -2.50. The summed E-state index contributed by atoms with van der Waals surface area (Å²) in [7, 11) is 0. The standard InChI is InChI=1S/C23H35FN4O2/c1-3-9-23(30,14-24)12-16-4-5-18-17(11-16)8-10-22(2)19(18)6-7-20(22)21(29)13-28-26-15-25-27-28/h4,15,17-20,30H,3,5-14H2,1-2H3/t17-,18-,19+,20-,22+,23?/m1/s1. The van der Waals surface area contributed by atoms with E-state index in [-0.39, 0.29) is 23.7 Å². The van der Waals surface area contributed by atoms with Gasteiger partial charge in [0.15, 0.2) is 12.1 Å². The molecule has 0 aromatic carbocycles. The Morgan fingerprint density at radius 3 is 2.93 bits per heavy atom. The van der Waals surface area contributed by atoms with E-state index in [2.05, 4.69) is 28.4 Å². The van der Waals surface area contributed by atoms with Gasteiger partial charge in [0.25, 0.3) is 0 Å². The van der Waals surface area contributed by atoms with Crippen LogP contribution in [0.2, 0.25) is 0 Å². The Morgan fingerprint density at radius 1 is 1.40 bits per heavy atom. The highest BCUT2D eigenvalue weighted by atomic mass is 19.1. The molecule has 0 saturated heterocycles. The van der Waals surface area contributed by atoms with Gasteiger partial charge in [0.2, 0.25) is 0 Å². The average Bonchev–Trinajstić information content (AvgIpc) is 3.35. The molecule has 3 aliphatic carbocycles. The summed E-state index contributed by atoms with van der Waals surface area (Å²) in [6.45, 7) is 3.85. The van der Waals surface area contributed by atoms with Crippen molar-refractivity contribution in [2.75, 3.05) is 6.67 Å². The fourth-order valence-corrected chi connectivity index (χ4v) is 6.97. The van der Waals surface area contributed by atoms with E-state index in [1.54, 1.807) is 0 Å². The molecule has 0 bridgehead atoms. The van der Waals surface area contributed by atoms with E-state index in [0.29, 0.717) is 30.6 Å². The molecule has 0 aliphatic heterocycles. The Balaban J connectivity index is 1.44. The number of fused-ring (bicyclic) bond motifs is 3. The Labute approximate surface area is 178 Å². The van der Waals surface area contributed by atoms with E-state index in [1.807, 2.05) is 6.92 Å². The lowest BCUT2D eigenvalue weighted by molar-refractivity contribution is -0.129. The SMILES string of the molecule is CCCC(O)(CF)CC1=CC[C@@H]2[C@H](CC[C@]3(C)[C@@H](C(=O)Cn4ncnn4)CC[C@@H]23)C1. The van der Waals surface area contributed by atoms with Crippen LogP contribution in [0, 0.1) is 29.1 Å². The number of carbonyl (C=O) groups excluding carboxylic acids is 1. The zero-order valence-corrected chi connectivity index (χ0v) is 18.3. The van der Waals surface area contributed by atoms with Gasteiger partial charge >= 0.3 is 0 Å². The fourth-order valence-electron chi connectivity index (χ4n) is 6.97. The van der Waals surface area contributed by atoms with Gasteiger partial charge in [0.1, 0.15) is 13.2 Å². The van der Waals surface area contributed by atoms with E-state index in [0.717, 1.165) is 44.9 Å². The zero-order chi connectivity index (χ0) is 21.4. The number of hydrogen-bond acceptors (Lipinski definition) is 5. The molecule has 1 heterocycles. The van der Waals surface area contributed by atoms with Crippen LogP contribution in [0.3, 0.4) is 0 Å². The van der Waals surface area contributed by atoms with Gasteiger partial charge in [-0.2, -0.15) is 4.80 Å². The summed E-state index contributed by atoms with van der Waals surface area (Å²) in [5.41, 5.74) is 0.0828. The Kier molecular flexibility index (Phi) is 6.11. The maximum atomic E-state index is 13.5. The summed E-state index contributed by atoms with van der Waals surface area (Å²) in [4.78, 5) is 14.4. The second-order valence-corrected chi connectivity index (χ2v) is 10.2. The molecule has 2 saturated carbocycles. The van der Waals surface area contributed by atoms with Crippen molar-refractivity contribution in [1.82, 2.24) is 20.2 Å². The number of aliphatic hydroxyl groups is 1. The average molecular weight is 419 g/mol. The summed E-state index contributed by atoms with van der Waals surface area (Å²) in [6, 6.07) is 0. The Morgan fingerprint density at radius 2 is 2.23 bits per heavy atom. The summed E-state index contributed by atoms with van der Waals surface area (Å²) in [6.07, 6.45) is 11.6. The molecular formula is C23H35FN4O2. The highest BCUT2D eigenvalue weighted by molar-refractivity contribution is 5.81. The van der Waals surface area contributed by atoms with Gasteiger partial charge in [-0.25, -0.2) is 4.39 Å². The smallest absolute Gasteiger partial charge is 0.162 e. The van der Waals surface area contributed by atoms with Crippen LogP contribution >= 0.6 is 0 Å². The highest BCUT2D eigenvalue weighted by Gasteiger charge is 2.55. The molecule has 1 N–H and O–H groups in total. The summed E-state index contributed by atoms with van der Waals surface area (Å²) in [5.74, 6) is 2.05. The van der Waals surface area contributed by atoms with Crippen LogP contribution in [0.15, 0.2) is 18.0 Å². The minimum atomic E-state index is -1.20. The van der Waals surface area contributed by atoms with Crippen LogP contribution in [-0.4, -0.2) is 43.4 Å². The summed E-state index contributed by atoms with van der Waals surface area (Å²) < 4.78 is 13.5. The number of hydrogen-bond donors (Lipinski definition) is 1. The van der Waals surface area contributed by atoms with Gasteiger partial charge < -0.3 is 5.11 Å². The van der Waals surface area contributed by atoms with E-state index >= 15 is 0 Å². The quantitative estimate of drug-likeness (QED) is 0.648. The molecule has 7 heteroatoms. The molecule has 3 aliphatic rings. The molecule has 0 radical (unpaired) electrons. The maximum absolute atomic E-state index is 13.5. The zero-order valence-electron chi connectivity index (χ0n) is 18.3. The van der Waals surface area contributed by atoms with Gasteiger partial charge in [-0.3, -0.25) is 4.79 Å². The van der Waals surface area contributed by atoms with Crippen molar-refractivity contribution in [3.63, 3.8) is 0 Å². The van der Waals surface area contributed by atoms with Crippen LogP contribution in [0.25, 0.3) is 0 Å². The highest BCUT2D eigenvalue weighted by Crippen LogP contribution is 2.61. The first-order chi connectivity index (χ1) is 14.4. The molecule has 1 aromatic heterocycles. The fraction of sp³-hybridized carbons (Fsp3) is 0.826. The first-order valence-electron chi connectivity index (χ1n) is 11.6. The second-order valence-electron chi connectivity index (χ2n) is 10.2. The lowest BCUT2D eigenvalue weighted by Crippen LogP contribution is -2.45. The monoisotopic (exact) mass is 418 g/mol. The van der Waals surface area contributed by atoms with Crippen molar-refractivity contribution < 1.29 is 14.3 Å². The third-order valence-corrected chi connectivity index (χ3v) is 8.39.